The lowest BCUT2D eigenvalue weighted by molar-refractivity contribution is -0.122. The minimum Gasteiger partial charge on any atom is -0.453 e. The van der Waals surface area contributed by atoms with Crippen LogP contribution >= 0.6 is 11.6 Å². The molecule has 1 heterocycles. The summed E-state index contributed by atoms with van der Waals surface area (Å²) in [5.41, 5.74) is -0.121. The van der Waals surface area contributed by atoms with Crippen LogP contribution in [0.25, 0.3) is 0 Å². The average Bonchev–Trinajstić information content (AvgIpc) is 2.36. The molecule has 1 aromatic rings. The van der Waals surface area contributed by atoms with Crippen molar-refractivity contribution in [3.8, 4) is 6.07 Å². The third-order valence-electron chi connectivity index (χ3n) is 2.16. The quantitative estimate of drug-likeness (QED) is 0.652. The minimum absolute atomic E-state index is 0.0274. The van der Waals surface area contributed by atoms with Crippen LogP contribution in [0.15, 0.2) is 18.3 Å². The maximum atomic E-state index is 11.5. The highest BCUT2D eigenvalue weighted by Crippen LogP contribution is 2.09. The summed E-state index contributed by atoms with van der Waals surface area (Å²) in [4.78, 5) is 26.8. The van der Waals surface area contributed by atoms with Gasteiger partial charge in [0.15, 0.2) is 12.4 Å². The van der Waals surface area contributed by atoms with E-state index in [2.05, 4.69) is 4.98 Å². The van der Waals surface area contributed by atoms with Gasteiger partial charge in [0.1, 0.15) is 11.6 Å². The number of carbonyl (C=O) groups excluding carboxylic acids is 2. The Bertz CT molecular complexity index is 566. The van der Waals surface area contributed by atoms with Crippen LogP contribution in [0.1, 0.15) is 17.4 Å². The molecule has 0 aliphatic rings. The molecule has 6 nitrogen and oxygen atoms in total. The fraction of sp³-hybridized carbons (Fsp3) is 0.250. The zero-order valence-corrected chi connectivity index (χ0v) is 10.8. The summed E-state index contributed by atoms with van der Waals surface area (Å²) in [5, 5.41) is 16.3. The first kappa shape index (κ1) is 14.8. The van der Waals surface area contributed by atoms with Gasteiger partial charge in [-0.1, -0.05) is 11.6 Å². The van der Waals surface area contributed by atoms with Crippen LogP contribution in [-0.2, 0) is 9.53 Å². The van der Waals surface area contributed by atoms with E-state index in [1.165, 1.54) is 25.3 Å². The number of pyridine rings is 1. The Morgan fingerprint density at radius 1 is 1.63 bits per heavy atom. The number of nitrogens with zero attached hydrogens (tertiary/aromatic N) is 2. The molecule has 0 saturated heterocycles. The Kier molecular flexibility index (Phi) is 5.15. The molecule has 7 heteroatoms. The summed E-state index contributed by atoms with van der Waals surface area (Å²) in [5.74, 6) is -2.65. The molecule has 1 N–H and O–H groups in total. The van der Waals surface area contributed by atoms with Crippen molar-refractivity contribution in [3.05, 3.63) is 29.0 Å². The number of halogens is 1. The number of ether oxygens (including phenoxy) is 1. The van der Waals surface area contributed by atoms with Crippen LogP contribution in [-0.4, -0.2) is 29.1 Å². The Balaban J connectivity index is 2.63. The molecule has 0 aliphatic heterocycles. The topological polar surface area (TPSA) is 104 Å². The standard InChI is InChI=1S/C12H10ClN3O3/c1-7(15)9(5-14)11(17)6-19-12(18)10-4-8(13)2-3-16-10/h2-4,9,15H,6H2,1H3. The fourth-order valence-electron chi connectivity index (χ4n) is 1.22. The number of aromatic nitrogens is 1. The van der Waals surface area contributed by atoms with Crippen LogP contribution in [0, 0.1) is 22.7 Å². The van der Waals surface area contributed by atoms with E-state index in [4.69, 9.17) is 27.0 Å². The predicted molar refractivity (Wildman–Crippen MR) is 67.0 cm³/mol. The van der Waals surface area contributed by atoms with Gasteiger partial charge in [-0.2, -0.15) is 5.26 Å². The van der Waals surface area contributed by atoms with Gasteiger partial charge >= 0.3 is 5.97 Å². The summed E-state index contributed by atoms with van der Waals surface area (Å²) >= 11 is 5.68. The zero-order chi connectivity index (χ0) is 14.4. The van der Waals surface area contributed by atoms with Crippen molar-refractivity contribution in [2.45, 2.75) is 6.92 Å². The Morgan fingerprint density at radius 3 is 2.84 bits per heavy atom. The summed E-state index contributed by atoms with van der Waals surface area (Å²) in [6, 6.07) is 4.47. The molecule has 19 heavy (non-hydrogen) atoms. The number of carbonyl (C=O) groups is 2. The molecule has 0 amide bonds. The van der Waals surface area contributed by atoms with Gasteiger partial charge in [-0.05, 0) is 19.1 Å². The van der Waals surface area contributed by atoms with E-state index in [0.29, 0.717) is 5.02 Å². The van der Waals surface area contributed by atoms with Crippen molar-refractivity contribution in [2.24, 2.45) is 5.92 Å². The first-order valence-electron chi connectivity index (χ1n) is 5.21. The number of hydrogen-bond donors (Lipinski definition) is 1. The summed E-state index contributed by atoms with van der Waals surface area (Å²) in [7, 11) is 0. The Morgan fingerprint density at radius 2 is 2.32 bits per heavy atom. The van der Waals surface area contributed by atoms with Crippen LogP contribution in [0.5, 0.6) is 0 Å². The minimum atomic E-state index is -1.19. The number of ketones is 1. The van der Waals surface area contributed by atoms with Crippen molar-refractivity contribution in [2.75, 3.05) is 6.61 Å². The molecule has 0 radical (unpaired) electrons. The van der Waals surface area contributed by atoms with Crippen LogP contribution in [0.3, 0.4) is 0 Å². The molecule has 98 valence electrons. The lowest BCUT2D eigenvalue weighted by Crippen LogP contribution is -2.25. The van der Waals surface area contributed by atoms with Gasteiger partial charge in [0, 0.05) is 16.9 Å². The van der Waals surface area contributed by atoms with Gasteiger partial charge in [-0.15, -0.1) is 0 Å². The lowest BCUT2D eigenvalue weighted by Gasteiger charge is -2.07. The van der Waals surface area contributed by atoms with E-state index in [9.17, 15) is 9.59 Å². The molecule has 1 rings (SSSR count). The zero-order valence-electron chi connectivity index (χ0n) is 10.0. The van der Waals surface area contributed by atoms with Crippen molar-refractivity contribution in [3.63, 3.8) is 0 Å². The Hall–Kier alpha value is -2.26. The van der Waals surface area contributed by atoms with Crippen molar-refractivity contribution in [1.29, 1.82) is 10.7 Å². The smallest absolute Gasteiger partial charge is 0.357 e. The third kappa shape index (κ3) is 4.16. The summed E-state index contributed by atoms with van der Waals surface area (Å²) in [6.45, 7) is 0.758. The van der Waals surface area contributed by atoms with Crippen LogP contribution in [0.4, 0.5) is 0 Å². The van der Waals surface area contributed by atoms with Gasteiger partial charge in [-0.3, -0.25) is 4.79 Å². The molecule has 0 bridgehead atoms. The van der Waals surface area contributed by atoms with Gasteiger partial charge in [-0.25, -0.2) is 9.78 Å². The third-order valence-corrected chi connectivity index (χ3v) is 2.40. The SMILES string of the molecule is CC(=N)C(C#N)C(=O)COC(=O)c1cc(Cl)ccn1. The van der Waals surface area contributed by atoms with E-state index in [0.717, 1.165) is 0 Å². The number of esters is 1. The molecular formula is C12H10ClN3O3. The molecule has 0 aromatic carbocycles. The first-order chi connectivity index (χ1) is 8.95. The predicted octanol–water partition coefficient (Wildman–Crippen LogP) is 1.64. The van der Waals surface area contributed by atoms with Crippen molar-refractivity contribution in [1.82, 2.24) is 4.98 Å². The normalized spacial score (nSPS) is 11.2. The van der Waals surface area contributed by atoms with Crippen LogP contribution < -0.4 is 0 Å². The monoisotopic (exact) mass is 279 g/mol. The molecule has 1 unspecified atom stereocenters. The van der Waals surface area contributed by atoms with Crippen LogP contribution in [0.2, 0.25) is 5.02 Å². The second kappa shape index (κ2) is 6.61. The van der Waals surface area contributed by atoms with E-state index in [1.807, 2.05) is 0 Å². The molecule has 1 atom stereocenters. The molecule has 0 saturated carbocycles. The number of nitrogens with one attached hydrogen (secondary N) is 1. The molecule has 1 aromatic heterocycles. The Labute approximate surface area is 114 Å². The second-order valence-corrected chi connectivity index (χ2v) is 4.08. The van der Waals surface area contributed by atoms with Gasteiger partial charge in [0.25, 0.3) is 0 Å². The maximum absolute atomic E-state index is 11.5. The van der Waals surface area contributed by atoms with Gasteiger partial charge < -0.3 is 10.1 Å². The number of hydrogen-bond acceptors (Lipinski definition) is 6. The number of Topliss-reactive ketones (excluding diaryl/α,β-unsaturated/α-hetero) is 1. The molecule has 0 spiro atoms. The van der Waals surface area contributed by atoms with E-state index >= 15 is 0 Å². The summed E-state index contributed by atoms with van der Waals surface area (Å²) in [6.07, 6.45) is 1.33. The van der Waals surface area contributed by atoms with Crippen molar-refractivity contribution < 1.29 is 14.3 Å². The average molecular weight is 280 g/mol. The highest BCUT2D eigenvalue weighted by molar-refractivity contribution is 6.30. The first-order valence-corrected chi connectivity index (χ1v) is 5.59. The highest BCUT2D eigenvalue weighted by atomic mass is 35.5. The van der Waals surface area contributed by atoms with Gasteiger partial charge in [0.2, 0.25) is 0 Å². The van der Waals surface area contributed by atoms with E-state index in [1.54, 1.807) is 6.07 Å². The van der Waals surface area contributed by atoms with Gasteiger partial charge in [0.05, 0.1) is 6.07 Å². The highest BCUT2D eigenvalue weighted by Gasteiger charge is 2.22. The number of nitriles is 1. The fourth-order valence-corrected chi connectivity index (χ4v) is 1.38. The maximum Gasteiger partial charge on any atom is 0.357 e. The van der Waals surface area contributed by atoms with E-state index in [-0.39, 0.29) is 11.4 Å². The second-order valence-electron chi connectivity index (χ2n) is 3.65. The summed E-state index contributed by atoms with van der Waals surface area (Å²) < 4.78 is 4.72. The molecule has 0 aliphatic carbocycles. The van der Waals surface area contributed by atoms with Crippen molar-refractivity contribution >= 4 is 29.1 Å². The lowest BCUT2D eigenvalue weighted by atomic mass is 10.0. The largest absolute Gasteiger partial charge is 0.453 e. The number of rotatable bonds is 5. The van der Waals surface area contributed by atoms with E-state index < -0.39 is 24.3 Å². The molecular weight excluding hydrogens is 270 g/mol. The molecule has 0 fully saturated rings.